The molecule has 5 heteroatoms. The molecule has 1 fully saturated rings. The fraction of sp³-hybridized carbons (Fsp3) is 0.462. The van der Waals surface area contributed by atoms with Crippen LogP contribution in [0.2, 0.25) is 10.0 Å². The summed E-state index contributed by atoms with van der Waals surface area (Å²) in [6.07, 6.45) is 2.25. The second-order valence-corrected chi connectivity index (χ2v) is 6.80. The van der Waals surface area contributed by atoms with Gasteiger partial charge < -0.3 is 4.90 Å². The molecule has 98 valence electrons. The summed E-state index contributed by atoms with van der Waals surface area (Å²) in [4.78, 5) is 14.6. The first-order valence-electron chi connectivity index (χ1n) is 5.82. The van der Waals surface area contributed by atoms with Crippen LogP contribution in [0.25, 0.3) is 0 Å². The van der Waals surface area contributed by atoms with E-state index in [1.54, 1.807) is 30.1 Å². The lowest BCUT2D eigenvalue weighted by Gasteiger charge is -2.34. The van der Waals surface area contributed by atoms with Gasteiger partial charge in [-0.25, -0.2) is 0 Å². The molecule has 1 saturated carbocycles. The minimum absolute atomic E-state index is 0.0690. The standard InChI is InChI=1S/C13H14BrCl2NO/c1-17(7-8-5-9(14)6-8)13(18)10-3-2-4-11(15)12(10)16/h2-4,8-9H,5-7H2,1H3. The Labute approximate surface area is 125 Å². The van der Waals surface area contributed by atoms with Gasteiger partial charge in [-0.05, 0) is 30.9 Å². The number of carbonyl (C=O) groups excluding carboxylic acids is 1. The SMILES string of the molecule is CN(CC1CC(Br)C1)C(=O)c1cccc(Cl)c1Cl. The fourth-order valence-electron chi connectivity index (χ4n) is 2.15. The average Bonchev–Trinajstić information content (AvgIpc) is 2.30. The summed E-state index contributed by atoms with van der Waals surface area (Å²) >= 11 is 15.5. The van der Waals surface area contributed by atoms with E-state index in [9.17, 15) is 4.79 Å². The number of benzene rings is 1. The number of halogens is 3. The number of alkyl halides is 1. The van der Waals surface area contributed by atoms with Gasteiger partial charge in [0.15, 0.2) is 0 Å². The first-order chi connectivity index (χ1) is 8.49. The average molecular weight is 351 g/mol. The second kappa shape index (κ2) is 5.81. The molecule has 0 saturated heterocycles. The molecular formula is C13H14BrCl2NO. The summed E-state index contributed by atoms with van der Waals surface area (Å²) in [7, 11) is 1.81. The molecular weight excluding hydrogens is 337 g/mol. The van der Waals surface area contributed by atoms with E-state index in [2.05, 4.69) is 15.9 Å². The first-order valence-corrected chi connectivity index (χ1v) is 7.49. The molecule has 0 aromatic heterocycles. The molecule has 2 rings (SSSR count). The molecule has 1 aromatic rings. The predicted molar refractivity (Wildman–Crippen MR) is 78.9 cm³/mol. The Bertz CT molecular complexity index is 460. The lowest BCUT2D eigenvalue weighted by molar-refractivity contribution is 0.0749. The van der Waals surface area contributed by atoms with Crippen molar-refractivity contribution in [2.75, 3.05) is 13.6 Å². The van der Waals surface area contributed by atoms with Crippen LogP contribution in [0.15, 0.2) is 18.2 Å². The molecule has 1 aliphatic rings. The van der Waals surface area contributed by atoms with Crippen molar-refractivity contribution in [2.24, 2.45) is 5.92 Å². The number of hydrogen-bond donors (Lipinski definition) is 0. The summed E-state index contributed by atoms with van der Waals surface area (Å²) in [6, 6.07) is 5.14. The highest BCUT2D eigenvalue weighted by Crippen LogP contribution is 2.34. The fourth-order valence-corrected chi connectivity index (χ4v) is 3.59. The molecule has 0 atom stereocenters. The van der Waals surface area contributed by atoms with Crippen molar-refractivity contribution in [3.8, 4) is 0 Å². The molecule has 0 bridgehead atoms. The van der Waals surface area contributed by atoms with E-state index < -0.39 is 0 Å². The van der Waals surface area contributed by atoms with Crippen molar-refractivity contribution in [2.45, 2.75) is 17.7 Å². The Morgan fingerprint density at radius 1 is 1.44 bits per heavy atom. The van der Waals surface area contributed by atoms with E-state index in [4.69, 9.17) is 23.2 Å². The molecule has 0 heterocycles. The highest BCUT2D eigenvalue weighted by molar-refractivity contribution is 9.09. The van der Waals surface area contributed by atoms with Crippen molar-refractivity contribution >= 4 is 45.0 Å². The zero-order valence-corrected chi connectivity index (χ0v) is 13.1. The topological polar surface area (TPSA) is 20.3 Å². The van der Waals surface area contributed by atoms with E-state index in [-0.39, 0.29) is 5.91 Å². The van der Waals surface area contributed by atoms with Gasteiger partial charge in [-0.3, -0.25) is 4.79 Å². The largest absolute Gasteiger partial charge is 0.341 e. The first kappa shape index (κ1) is 14.2. The Morgan fingerprint density at radius 2 is 2.11 bits per heavy atom. The van der Waals surface area contributed by atoms with Crippen molar-refractivity contribution in [1.29, 1.82) is 0 Å². The summed E-state index contributed by atoms with van der Waals surface area (Å²) in [5, 5.41) is 0.753. The van der Waals surface area contributed by atoms with Crippen molar-refractivity contribution in [3.05, 3.63) is 33.8 Å². The monoisotopic (exact) mass is 349 g/mol. The van der Waals surface area contributed by atoms with Crippen LogP contribution in [-0.2, 0) is 0 Å². The Hall–Kier alpha value is -0.250. The van der Waals surface area contributed by atoms with Gasteiger partial charge in [0.2, 0.25) is 0 Å². The van der Waals surface area contributed by atoms with Crippen LogP contribution in [0, 0.1) is 5.92 Å². The van der Waals surface area contributed by atoms with E-state index in [0.29, 0.717) is 26.4 Å². The molecule has 0 radical (unpaired) electrons. The third kappa shape index (κ3) is 3.01. The smallest absolute Gasteiger partial charge is 0.255 e. The minimum Gasteiger partial charge on any atom is -0.341 e. The van der Waals surface area contributed by atoms with Crippen molar-refractivity contribution < 1.29 is 4.79 Å². The lowest BCUT2D eigenvalue weighted by atomic mass is 9.85. The molecule has 1 aliphatic carbocycles. The number of nitrogens with zero attached hydrogens (tertiary/aromatic N) is 1. The normalized spacial score (nSPS) is 22.4. The Balaban J connectivity index is 2.04. The van der Waals surface area contributed by atoms with E-state index in [1.807, 2.05) is 0 Å². The van der Waals surface area contributed by atoms with Crippen LogP contribution in [-0.4, -0.2) is 29.2 Å². The number of amides is 1. The molecule has 18 heavy (non-hydrogen) atoms. The van der Waals surface area contributed by atoms with Crippen LogP contribution >= 0.6 is 39.1 Å². The Kier molecular flexibility index (Phi) is 4.57. The van der Waals surface area contributed by atoms with Gasteiger partial charge >= 0.3 is 0 Å². The summed E-state index contributed by atoms with van der Waals surface area (Å²) in [5.41, 5.74) is 0.474. The maximum atomic E-state index is 12.2. The summed E-state index contributed by atoms with van der Waals surface area (Å²) in [6.45, 7) is 0.768. The van der Waals surface area contributed by atoms with Crippen LogP contribution in [0.5, 0.6) is 0 Å². The molecule has 1 aromatic carbocycles. The summed E-state index contributed by atoms with van der Waals surface area (Å²) in [5.74, 6) is 0.516. The number of hydrogen-bond acceptors (Lipinski definition) is 1. The lowest BCUT2D eigenvalue weighted by Crippen LogP contribution is -2.37. The molecule has 0 unspecified atom stereocenters. The van der Waals surface area contributed by atoms with Gasteiger partial charge in [0.25, 0.3) is 5.91 Å². The van der Waals surface area contributed by atoms with Gasteiger partial charge in [-0.1, -0.05) is 45.2 Å². The third-order valence-electron chi connectivity index (χ3n) is 3.24. The second-order valence-electron chi connectivity index (χ2n) is 4.72. The maximum Gasteiger partial charge on any atom is 0.255 e. The quantitative estimate of drug-likeness (QED) is 0.746. The molecule has 0 N–H and O–H groups in total. The molecule has 2 nitrogen and oxygen atoms in total. The predicted octanol–water partition coefficient (Wildman–Crippen LogP) is 4.24. The molecule has 1 amide bonds. The van der Waals surface area contributed by atoms with E-state index in [1.165, 1.54) is 0 Å². The Morgan fingerprint density at radius 3 is 2.72 bits per heavy atom. The number of rotatable bonds is 3. The van der Waals surface area contributed by atoms with Crippen LogP contribution in [0.3, 0.4) is 0 Å². The van der Waals surface area contributed by atoms with Gasteiger partial charge in [-0.15, -0.1) is 0 Å². The maximum absolute atomic E-state index is 12.2. The van der Waals surface area contributed by atoms with E-state index in [0.717, 1.165) is 19.4 Å². The van der Waals surface area contributed by atoms with E-state index >= 15 is 0 Å². The van der Waals surface area contributed by atoms with Crippen molar-refractivity contribution in [3.63, 3.8) is 0 Å². The van der Waals surface area contributed by atoms with Crippen LogP contribution in [0.1, 0.15) is 23.2 Å². The van der Waals surface area contributed by atoms with Crippen LogP contribution < -0.4 is 0 Å². The van der Waals surface area contributed by atoms with Crippen molar-refractivity contribution in [1.82, 2.24) is 4.90 Å². The highest BCUT2D eigenvalue weighted by Gasteiger charge is 2.29. The van der Waals surface area contributed by atoms with Gasteiger partial charge in [0.1, 0.15) is 0 Å². The zero-order valence-electron chi connectivity index (χ0n) is 10.00. The third-order valence-corrected chi connectivity index (χ3v) is 4.81. The van der Waals surface area contributed by atoms with Gasteiger partial charge in [0.05, 0.1) is 15.6 Å². The highest BCUT2D eigenvalue weighted by atomic mass is 79.9. The minimum atomic E-state index is -0.0690. The van der Waals surface area contributed by atoms with Gasteiger partial charge in [-0.2, -0.15) is 0 Å². The summed E-state index contributed by atoms with van der Waals surface area (Å²) < 4.78 is 0. The molecule has 0 aliphatic heterocycles. The van der Waals surface area contributed by atoms with Crippen LogP contribution in [0.4, 0.5) is 0 Å². The zero-order chi connectivity index (χ0) is 13.3. The molecule has 0 spiro atoms. The number of carbonyl (C=O) groups is 1. The van der Waals surface area contributed by atoms with Gasteiger partial charge in [0, 0.05) is 18.4 Å².